The zero-order valence-corrected chi connectivity index (χ0v) is 22.8. The molecule has 0 aromatic heterocycles. The third-order valence-electron chi connectivity index (χ3n) is 7.50. The Labute approximate surface area is 229 Å². The van der Waals surface area contributed by atoms with E-state index in [1.54, 1.807) is 20.8 Å². The van der Waals surface area contributed by atoms with Gasteiger partial charge in [0.15, 0.2) is 17.5 Å². The first-order chi connectivity index (χ1) is 18.7. The first kappa shape index (κ1) is 29.8. The number of benzene rings is 3. The Bertz CT molecular complexity index is 1470. The van der Waals surface area contributed by atoms with E-state index >= 15 is 13.2 Å². The number of halogens is 7. The molecule has 4 rings (SSSR count). The first-order valence-electron chi connectivity index (χ1n) is 13.4. The predicted octanol–water partition coefficient (Wildman–Crippen LogP) is 9.81. The number of fused-ring (bicyclic) bond motifs is 1. The average Bonchev–Trinajstić information content (AvgIpc) is 2.86. The van der Waals surface area contributed by atoms with Crippen molar-refractivity contribution in [3.8, 4) is 17.6 Å². The first-order valence-corrected chi connectivity index (χ1v) is 13.4. The van der Waals surface area contributed by atoms with Gasteiger partial charge >= 0.3 is 6.11 Å². The zero-order chi connectivity index (χ0) is 29.4. The Kier molecular flexibility index (Phi) is 8.44. The summed E-state index contributed by atoms with van der Waals surface area (Å²) in [7, 11) is 0. The Balaban J connectivity index is 1.66. The highest BCUT2D eigenvalue weighted by Gasteiger charge is 2.44. The van der Waals surface area contributed by atoms with Gasteiger partial charge in [0, 0.05) is 11.6 Å². The van der Waals surface area contributed by atoms with Crippen molar-refractivity contribution in [1.29, 1.82) is 0 Å². The predicted molar refractivity (Wildman–Crippen MR) is 141 cm³/mol. The highest BCUT2D eigenvalue weighted by Crippen LogP contribution is 2.42. The molecule has 0 atom stereocenters. The fraction of sp³-hybridized carbons (Fsp3) is 0.438. The molecule has 0 aliphatic heterocycles. The lowest BCUT2D eigenvalue weighted by Crippen LogP contribution is -2.37. The van der Waals surface area contributed by atoms with Gasteiger partial charge in [-0.25, -0.2) is 22.0 Å². The van der Waals surface area contributed by atoms with Crippen LogP contribution in [0, 0.1) is 52.8 Å². The Morgan fingerprint density at radius 2 is 1.48 bits per heavy atom. The summed E-state index contributed by atoms with van der Waals surface area (Å²) in [5.41, 5.74) is -0.603. The van der Waals surface area contributed by atoms with E-state index in [4.69, 9.17) is 4.74 Å². The maximum absolute atomic E-state index is 15.3. The summed E-state index contributed by atoms with van der Waals surface area (Å²) in [5, 5.41) is -0.987. The van der Waals surface area contributed by atoms with Crippen LogP contribution in [0.4, 0.5) is 30.7 Å². The normalized spacial score (nSPS) is 18.0. The van der Waals surface area contributed by atoms with Crippen molar-refractivity contribution in [2.24, 2.45) is 11.8 Å². The fourth-order valence-electron chi connectivity index (χ4n) is 5.39. The third-order valence-corrected chi connectivity index (χ3v) is 7.50. The van der Waals surface area contributed by atoms with Gasteiger partial charge in [0.1, 0.15) is 17.4 Å². The van der Waals surface area contributed by atoms with Gasteiger partial charge in [-0.3, -0.25) is 0 Å². The second kappa shape index (κ2) is 11.3. The number of alkyl halides is 2. The molecular weight excluding hydrogens is 533 g/mol. The van der Waals surface area contributed by atoms with E-state index < -0.39 is 51.9 Å². The van der Waals surface area contributed by atoms with Gasteiger partial charge in [-0.15, -0.1) is 0 Å². The molecule has 3 aromatic carbocycles. The minimum Gasteiger partial charge on any atom is -0.432 e. The van der Waals surface area contributed by atoms with Crippen LogP contribution in [0.2, 0.25) is 0 Å². The molecule has 1 fully saturated rings. The van der Waals surface area contributed by atoms with Crippen LogP contribution in [-0.2, 0) is 5.41 Å². The van der Waals surface area contributed by atoms with Gasteiger partial charge < -0.3 is 4.74 Å². The number of ether oxygens (including phenoxy) is 1. The molecule has 3 aromatic rings. The Morgan fingerprint density at radius 3 is 2.10 bits per heavy atom. The van der Waals surface area contributed by atoms with Crippen LogP contribution in [-0.4, -0.2) is 6.11 Å². The highest BCUT2D eigenvalue weighted by molar-refractivity contribution is 5.85. The molecule has 0 unspecified atom stereocenters. The van der Waals surface area contributed by atoms with Gasteiger partial charge in [0.25, 0.3) is 0 Å². The molecule has 0 heterocycles. The van der Waals surface area contributed by atoms with Crippen molar-refractivity contribution in [3.05, 3.63) is 76.1 Å². The summed E-state index contributed by atoms with van der Waals surface area (Å²) in [6, 6.07) is 4.81. The zero-order valence-electron chi connectivity index (χ0n) is 22.8. The highest BCUT2D eigenvalue weighted by atomic mass is 19.3. The van der Waals surface area contributed by atoms with Gasteiger partial charge in [-0.05, 0) is 72.2 Å². The lowest BCUT2D eigenvalue weighted by Gasteiger charge is -2.33. The lowest BCUT2D eigenvalue weighted by molar-refractivity contribution is -0.223. The largest absolute Gasteiger partial charge is 0.432 e. The monoisotopic (exact) mass is 564 g/mol. The fourth-order valence-corrected chi connectivity index (χ4v) is 5.39. The Hall–Kier alpha value is -3.21. The van der Waals surface area contributed by atoms with E-state index in [0.29, 0.717) is 37.7 Å². The van der Waals surface area contributed by atoms with Crippen LogP contribution in [0.5, 0.6) is 5.75 Å². The summed E-state index contributed by atoms with van der Waals surface area (Å²) >= 11 is 0. The molecule has 1 nitrogen and oxygen atoms in total. The maximum atomic E-state index is 15.3. The summed E-state index contributed by atoms with van der Waals surface area (Å²) in [5.74, 6) is -2.67. The average molecular weight is 565 g/mol. The molecule has 40 heavy (non-hydrogen) atoms. The maximum Gasteiger partial charge on any atom is 0.400 e. The second-order valence-electron chi connectivity index (χ2n) is 11.5. The van der Waals surface area contributed by atoms with Crippen molar-refractivity contribution in [2.45, 2.75) is 77.7 Å². The molecule has 0 radical (unpaired) electrons. The van der Waals surface area contributed by atoms with Crippen LogP contribution in [0.25, 0.3) is 10.8 Å². The van der Waals surface area contributed by atoms with Crippen LogP contribution in [0.15, 0.2) is 30.3 Å². The van der Waals surface area contributed by atoms with Crippen molar-refractivity contribution < 1.29 is 35.5 Å². The van der Waals surface area contributed by atoms with Crippen molar-refractivity contribution >= 4 is 10.8 Å². The van der Waals surface area contributed by atoms with Crippen molar-refractivity contribution in [3.63, 3.8) is 0 Å². The molecule has 0 amide bonds. The topological polar surface area (TPSA) is 9.23 Å². The van der Waals surface area contributed by atoms with Gasteiger partial charge in [-0.2, -0.15) is 8.78 Å². The Morgan fingerprint density at radius 1 is 0.800 bits per heavy atom. The number of hydrogen-bond donors (Lipinski definition) is 0. The van der Waals surface area contributed by atoms with E-state index in [0.717, 1.165) is 31.0 Å². The molecule has 0 bridgehead atoms. The smallest absolute Gasteiger partial charge is 0.400 e. The van der Waals surface area contributed by atoms with Crippen LogP contribution in [0.3, 0.4) is 0 Å². The lowest BCUT2D eigenvalue weighted by atomic mass is 9.79. The van der Waals surface area contributed by atoms with Gasteiger partial charge in [-0.1, -0.05) is 52.4 Å². The van der Waals surface area contributed by atoms with E-state index in [1.165, 1.54) is 6.07 Å². The molecule has 214 valence electrons. The second-order valence-corrected chi connectivity index (χ2v) is 11.5. The third kappa shape index (κ3) is 6.24. The van der Waals surface area contributed by atoms with Crippen LogP contribution < -0.4 is 4.74 Å². The minimum atomic E-state index is -3.47. The summed E-state index contributed by atoms with van der Waals surface area (Å²) < 4.78 is 106. The SMILES string of the molecule is CCCC1CCC(C(F)(F)Oc2cc(F)c(C#Cc3cc(F)c4c(F)c(F)c(F)cc4c3)c(C(C)(C)C)c2)CC1. The van der Waals surface area contributed by atoms with E-state index in [9.17, 15) is 17.6 Å². The van der Waals surface area contributed by atoms with E-state index in [1.807, 2.05) is 0 Å². The van der Waals surface area contributed by atoms with Crippen LogP contribution >= 0.6 is 0 Å². The summed E-state index contributed by atoms with van der Waals surface area (Å²) in [6.45, 7) is 7.32. The molecule has 1 saturated carbocycles. The van der Waals surface area contributed by atoms with E-state index in [-0.39, 0.29) is 27.8 Å². The molecule has 0 N–H and O–H groups in total. The summed E-state index contributed by atoms with van der Waals surface area (Å²) in [4.78, 5) is 0. The van der Waals surface area contributed by atoms with Crippen molar-refractivity contribution in [2.75, 3.05) is 0 Å². The molecule has 0 spiro atoms. The number of rotatable bonds is 5. The van der Waals surface area contributed by atoms with Crippen LogP contribution in [0.1, 0.15) is 82.9 Å². The molecular formula is C32H31F7O. The standard InChI is InChI=1S/C32H31F7O/c1-5-6-18-7-10-21(11-8-18)32(38,39)40-22-16-24(31(2,3)4)23(25(33)17-22)12-9-19-13-20-15-27(35)29(36)30(37)28(20)26(34)14-19/h13-18,21H,5-8,10-11H2,1-4H3. The van der Waals surface area contributed by atoms with E-state index in [2.05, 4.69) is 18.8 Å². The quantitative estimate of drug-likeness (QED) is 0.170. The molecule has 1 aliphatic carbocycles. The minimum absolute atomic E-state index is 0.0415. The molecule has 1 aliphatic rings. The summed E-state index contributed by atoms with van der Waals surface area (Å²) in [6.07, 6.45) is 0.628. The van der Waals surface area contributed by atoms with Gasteiger partial charge in [0.2, 0.25) is 0 Å². The molecule has 0 saturated heterocycles. The molecule has 8 heteroatoms. The number of hydrogen-bond acceptors (Lipinski definition) is 1. The van der Waals surface area contributed by atoms with Crippen molar-refractivity contribution in [1.82, 2.24) is 0 Å². The van der Waals surface area contributed by atoms with Gasteiger partial charge in [0.05, 0.1) is 16.9 Å².